The molecule has 100 valence electrons. The Morgan fingerprint density at radius 3 is 2.56 bits per heavy atom. The predicted molar refractivity (Wildman–Crippen MR) is 70.1 cm³/mol. The fraction of sp³-hybridized carbons (Fsp3) is 0.571. The second-order valence-electron chi connectivity index (χ2n) is 5.02. The standard InChI is InChI=1S/C14H18F2OS/c1-10(17)12-2-4-13(5-3-12)18-9-11-6-7-14(15,16)8-11/h2-5,10-11,17H,6-9H2,1H3. The maximum absolute atomic E-state index is 13.0. The van der Waals surface area contributed by atoms with E-state index in [9.17, 15) is 13.9 Å². The molecule has 0 amide bonds. The van der Waals surface area contributed by atoms with Crippen molar-refractivity contribution >= 4 is 11.8 Å². The molecule has 2 unspecified atom stereocenters. The first kappa shape index (κ1) is 13.8. The highest BCUT2D eigenvalue weighted by Gasteiger charge is 2.39. The second kappa shape index (κ2) is 5.57. The van der Waals surface area contributed by atoms with Gasteiger partial charge < -0.3 is 5.11 Å². The number of hydrogen-bond donors (Lipinski definition) is 1. The molecule has 0 aliphatic heterocycles. The van der Waals surface area contributed by atoms with E-state index in [2.05, 4.69) is 0 Å². The van der Waals surface area contributed by atoms with Crippen molar-refractivity contribution in [2.24, 2.45) is 5.92 Å². The number of benzene rings is 1. The van der Waals surface area contributed by atoms with Crippen LogP contribution < -0.4 is 0 Å². The molecule has 0 spiro atoms. The van der Waals surface area contributed by atoms with Crippen molar-refractivity contribution in [2.45, 2.75) is 43.1 Å². The highest BCUT2D eigenvalue weighted by Crippen LogP contribution is 2.41. The summed E-state index contributed by atoms with van der Waals surface area (Å²) in [4.78, 5) is 1.08. The van der Waals surface area contributed by atoms with Gasteiger partial charge in [0.15, 0.2) is 0 Å². The Morgan fingerprint density at radius 2 is 2.06 bits per heavy atom. The first-order valence-electron chi connectivity index (χ1n) is 6.25. The predicted octanol–water partition coefficient (Wildman–Crippen LogP) is 4.27. The van der Waals surface area contributed by atoms with Gasteiger partial charge in [0.25, 0.3) is 0 Å². The molecule has 4 heteroatoms. The summed E-state index contributed by atoms with van der Waals surface area (Å²) in [5, 5.41) is 9.38. The Hall–Kier alpha value is -0.610. The molecule has 1 aliphatic rings. The van der Waals surface area contributed by atoms with Gasteiger partial charge in [-0.1, -0.05) is 12.1 Å². The number of alkyl halides is 2. The monoisotopic (exact) mass is 272 g/mol. The van der Waals surface area contributed by atoms with Gasteiger partial charge in [0.2, 0.25) is 5.92 Å². The van der Waals surface area contributed by atoms with Crippen LogP contribution in [-0.2, 0) is 0 Å². The van der Waals surface area contributed by atoms with E-state index in [-0.39, 0.29) is 18.8 Å². The zero-order chi connectivity index (χ0) is 13.2. The van der Waals surface area contributed by atoms with Crippen molar-refractivity contribution in [1.29, 1.82) is 0 Å². The summed E-state index contributed by atoms with van der Waals surface area (Å²) in [5.74, 6) is -1.56. The molecule has 2 rings (SSSR count). The minimum Gasteiger partial charge on any atom is -0.389 e. The van der Waals surface area contributed by atoms with Crippen molar-refractivity contribution < 1.29 is 13.9 Å². The van der Waals surface area contributed by atoms with Crippen LogP contribution in [0.15, 0.2) is 29.2 Å². The van der Waals surface area contributed by atoms with Crippen LogP contribution in [0.3, 0.4) is 0 Å². The SMILES string of the molecule is CC(O)c1ccc(SCC2CCC(F)(F)C2)cc1. The number of aliphatic hydroxyl groups is 1. The molecule has 1 saturated carbocycles. The minimum atomic E-state index is -2.44. The van der Waals surface area contributed by atoms with Gasteiger partial charge in [0.05, 0.1) is 6.10 Å². The summed E-state index contributed by atoms with van der Waals surface area (Å²) in [7, 11) is 0. The lowest BCUT2D eigenvalue weighted by molar-refractivity contribution is 0.00596. The smallest absolute Gasteiger partial charge is 0.248 e. The molecule has 0 heterocycles. The molecule has 1 nitrogen and oxygen atoms in total. The van der Waals surface area contributed by atoms with Crippen LogP contribution in [0.1, 0.15) is 37.9 Å². The van der Waals surface area contributed by atoms with Crippen molar-refractivity contribution in [1.82, 2.24) is 0 Å². The number of thioether (sulfide) groups is 1. The zero-order valence-corrected chi connectivity index (χ0v) is 11.2. The molecule has 0 aromatic heterocycles. The molecule has 0 radical (unpaired) electrons. The maximum atomic E-state index is 13.0. The van der Waals surface area contributed by atoms with E-state index in [1.54, 1.807) is 18.7 Å². The van der Waals surface area contributed by atoms with Crippen molar-refractivity contribution in [3.05, 3.63) is 29.8 Å². The van der Waals surface area contributed by atoms with E-state index in [1.165, 1.54) is 0 Å². The van der Waals surface area contributed by atoms with Crippen molar-refractivity contribution in [2.75, 3.05) is 5.75 Å². The van der Waals surface area contributed by atoms with Gasteiger partial charge in [-0.05, 0) is 37.0 Å². The Balaban J connectivity index is 1.84. The maximum Gasteiger partial charge on any atom is 0.248 e. The Labute approximate surface area is 111 Å². The summed E-state index contributed by atoms with van der Waals surface area (Å²) in [5.41, 5.74) is 0.881. The van der Waals surface area contributed by atoms with E-state index in [0.29, 0.717) is 6.42 Å². The van der Waals surface area contributed by atoms with Gasteiger partial charge in [0, 0.05) is 23.5 Å². The van der Waals surface area contributed by atoms with Gasteiger partial charge in [0.1, 0.15) is 0 Å². The normalized spacial score (nSPS) is 24.1. The van der Waals surface area contributed by atoms with Crippen LogP contribution >= 0.6 is 11.8 Å². The molecule has 0 saturated heterocycles. The fourth-order valence-electron chi connectivity index (χ4n) is 2.24. The second-order valence-corrected chi connectivity index (χ2v) is 6.11. The molecular weight excluding hydrogens is 254 g/mol. The average molecular weight is 272 g/mol. The molecule has 1 fully saturated rings. The molecule has 1 aliphatic carbocycles. The number of hydrogen-bond acceptors (Lipinski definition) is 2. The van der Waals surface area contributed by atoms with Gasteiger partial charge in [-0.2, -0.15) is 0 Å². The van der Waals surface area contributed by atoms with E-state index >= 15 is 0 Å². The van der Waals surface area contributed by atoms with Crippen molar-refractivity contribution in [3.63, 3.8) is 0 Å². The Bertz CT molecular complexity index is 389. The molecular formula is C14H18F2OS. The zero-order valence-electron chi connectivity index (χ0n) is 10.4. The summed E-state index contributed by atoms with van der Waals surface area (Å²) in [6, 6.07) is 7.66. The first-order chi connectivity index (χ1) is 8.46. The lowest BCUT2D eigenvalue weighted by Gasteiger charge is -2.11. The van der Waals surface area contributed by atoms with E-state index in [0.717, 1.165) is 16.2 Å². The van der Waals surface area contributed by atoms with Gasteiger partial charge in [-0.25, -0.2) is 8.78 Å². The van der Waals surface area contributed by atoms with Gasteiger partial charge in [-0.15, -0.1) is 11.8 Å². The van der Waals surface area contributed by atoms with E-state index in [4.69, 9.17) is 0 Å². The van der Waals surface area contributed by atoms with Crippen LogP contribution in [0.4, 0.5) is 8.78 Å². The topological polar surface area (TPSA) is 20.2 Å². The molecule has 0 bridgehead atoms. The average Bonchev–Trinajstić information content (AvgIpc) is 2.67. The van der Waals surface area contributed by atoms with Gasteiger partial charge in [-0.3, -0.25) is 0 Å². The fourth-order valence-corrected chi connectivity index (χ4v) is 3.28. The van der Waals surface area contributed by atoms with Crippen molar-refractivity contribution in [3.8, 4) is 0 Å². The lowest BCUT2D eigenvalue weighted by Crippen LogP contribution is -2.10. The minimum absolute atomic E-state index is 0.0335. The molecule has 18 heavy (non-hydrogen) atoms. The van der Waals surface area contributed by atoms with Crippen LogP contribution in [-0.4, -0.2) is 16.8 Å². The molecule has 1 aromatic carbocycles. The highest BCUT2D eigenvalue weighted by molar-refractivity contribution is 7.99. The highest BCUT2D eigenvalue weighted by atomic mass is 32.2. The van der Waals surface area contributed by atoms with Gasteiger partial charge >= 0.3 is 0 Å². The van der Waals surface area contributed by atoms with Crippen LogP contribution in [0.5, 0.6) is 0 Å². The summed E-state index contributed by atoms with van der Waals surface area (Å²) in [6.07, 6.45) is 0.244. The molecule has 1 N–H and O–H groups in total. The number of halogens is 2. The Morgan fingerprint density at radius 1 is 1.39 bits per heavy atom. The van der Waals surface area contributed by atoms with E-state index < -0.39 is 12.0 Å². The summed E-state index contributed by atoms with van der Waals surface area (Å²) >= 11 is 1.62. The number of rotatable bonds is 4. The summed E-state index contributed by atoms with van der Waals surface area (Å²) < 4.78 is 26.1. The quantitative estimate of drug-likeness (QED) is 0.826. The molecule has 2 atom stereocenters. The van der Waals surface area contributed by atoms with Crippen LogP contribution in [0.2, 0.25) is 0 Å². The van der Waals surface area contributed by atoms with Crippen LogP contribution in [0.25, 0.3) is 0 Å². The number of aliphatic hydroxyl groups excluding tert-OH is 1. The third-order valence-corrected chi connectivity index (χ3v) is 4.60. The third-order valence-electron chi connectivity index (χ3n) is 3.35. The lowest BCUT2D eigenvalue weighted by atomic mass is 10.1. The third kappa shape index (κ3) is 3.69. The molecule has 1 aromatic rings. The largest absolute Gasteiger partial charge is 0.389 e. The van der Waals surface area contributed by atoms with Crippen LogP contribution in [0, 0.1) is 5.92 Å². The first-order valence-corrected chi connectivity index (χ1v) is 7.23. The van der Waals surface area contributed by atoms with E-state index in [1.807, 2.05) is 24.3 Å². The summed E-state index contributed by atoms with van der Waals surface area (Å²) in [6.45, 7) is 1.72. The Kier molecular flexibility index (Phi) is 4.28.